The molecule has 0 radical (unpaired) electrons. The van der Waals surface area contributed by atoms with Gasteiger partial charge in [-0.15, -0.1) is 0 Å². The predicted molar refractivity (Wildman–Crippen MR) is 235 cm³/mol. The van der Waals surface area contributed by atoms with Crippen LogP contribution in [0.1, 0.15) is 0 Å². The molecule has 2 heterocycles. The van der Waals surface area contributed by atoms with Crippen molar-refractivity contribution in [2.24, 2.45) is 0 Å². The summed E-state index contributed by atoms with van der Waals surface area (Å²) in [6.07, 6.45) is 0. The fourth-order valence-electron chi connectivity index (χ4n) is 8.10. The summed E-state index contributed by atoms with van der Waals surface area (Å²) in [5.74, 6) is 1.82. The highest BCUT2D eigenvalue weighted by atomic mass is 16.3. The fourth-order valence-corrected chi connectivity index (χ4v) is 8.10. The number of aromatic nitrogens is 3. The maximum Gasteiger partial charge on any atom is 0.164 e. The van der Waals surface area contributed by atoms with Crippen LogP contribution >= 0.6 is 0 Å². The van der Waals surface area contributed by atoms with Gasteiger partial charge in [0.15, 0.2) is 17.5 Å². The third kappa shape index (κ3) is 5.83. The zero-order chi connectivity index (χ0) is 37.7. The van der Waals surface area contributed by atoms with Crippen LogP contribution in [0.5, 0.6) is 0 Å². The van der Waals surface area contributed by atoms with Gasteiger partial charge in [-0.3, -0.25) is 0 Å². The first-order valence-electron chi connectivity index (χ1n) is 19.2. The molecular formula is C53H33N3O. The summed E-state index contributed by atoms with van der Waals surface area (Å²) >= 11 is 0. The quantitative estimate of drug-likeness (QED) is 0.160. The van der Waals surface area contributed by atoms with Crippen molar-refractivity contribution < 1.29 is 4.42 Å². The summed E-state index contributed by atoms with van der Waals surface area (Å²) in [5, 5.41) is 6.88. The molecule has 4 nitrogen and oxygen atoms in total. The molecule has 0 fully saturated rings. The molecule has 11 aromatic rings. The Morgan fingerprint density at radius 1 is 0.281 bits per heavy atom. The van der Waals surface area contributed by atoms with Crippen LogP contribution in [0.3, 0.4) is 0 Å². The first-order valence-corrected chi connectivity index (χ1v) is 19.2. The second-order valence-corrected chi connectivity index (χ2v) is 14.4. The number of para-hydroxylation sites is 1. The minimum atomic E-state index is 0.598. The fraction of sp³-hybridized carbons (Fsp3) is 0. The molecule has 9 aromatic carbocycles. The van der Waals surface area contributed by atoms with Crippen LogP contribution in [0.4, 0.5) is 0 Å². The SMILES string of the molecule is c1ccc(-c2cc(-c3ccccc3)cc(-c3nc(-c4ccccc4)nc(-c4cccc(-c5cccc6c5oc5c6ccc6ccc7ccccc7c65)c4)n3)c2)cc1. The van der Waals surface area contributed by atoms with Crippen molar-refractivity contribution in [1.82, 2.24) is 15.0 Å². The van der Waals surface area contributed by atoms with Crippen LogP contribution in [0.25, 0.3) is 111 Å². The van der Waals surface area contributed by atoms with E-state index in [1.807, 2.05) is 42.5 Å². The molecule has 0 spiro atoms. The Morgan fingerprint density at radius 2 is 0.754 bits per heavy atom. The summed E-state index contributed by atoms with van der Waals surface area (Å²) in [7, 11) is 0. The zero-order valence-electron chi connectivity index (χ0n) is 30.8. The molecule has 266 valence electrons. The second-order valence-electron chi connectivity index (χ2n) is 14.4. The number of rotatable bonds is 6. The van der Waals surface area contributed by atoms with Crippen molar-refractivity contribution in [1.29, 1.82) is 0 Å². The Morgan fingerprint density at radius 3 is 1.47 bits per heavy atom. The standard InChI is InChI=1S/C53H33N3O/c1-4-14-34(15-5-1)41-31-42(35-16-6-2-7-17-35)33-43(32-41)53-55-51(38-19-8-3-9-20-38)54-52(56-53)40-22-12-21-39(30-40)45-24-13-25-46-47-29-28-37-27-26-36-18-10-11-23-44(36)48(37)50(47)57-49(45)46/h1-33H. The average Bonchev–Trinajstić information content (AvgIpc) is 3.69. The Hall–Kier alpha value is -7.69. The van der Waals surface area contributed by atoms with E-state index in [4.69, 9.17) is 19.4 Å². The Bertz CT molecular complexity index is 3220. The molecular weight excluding hydrogens is 695 g/mol. The van der Waals surface area contributed by atoms with Crippen LogP contribution in [0.2, 0.25) is 0 Å². The van der Waals surface area contributed by atoms with Gasteiger partial charge in [-0.1, -0.05) is 170 Å². The molecule has 2 aromatic heterocycles. The van der Waals surface area contributed by atoms with Gasteiger partial charge >= 0.3 is 0 Å². The molecule has 0 aliphatic carbocycles. The number of hydrogen-bond donors (Lipinski definition) is 0. The van der Waals surface area contributed by atoms with Crippen molar-refractivity contribution in [3.63, 3.8) is 0 Å². The van der Waals surface area contributed by atoms with E-state index in [9.17, 15) is 0 Å². The van der Waals surface area contributed by atoms with Crippen molar-refractivity contribution in [3.8, 4) is 67.5 Å². The van der Waals surface area contributed by atoms with Gasteiger partial charge in [0.1, 0.15) is 11.2 Å². The molecule has 0 unspecified atom stereocenters. The topological polar surface area (TPSA) is 51.8 Å². The molecule has 0 N–H and O–H groups in total. The Balaban J connectivity index is 1.09. The number of hydrogen-bond acceptors (Lipinski definition) is 4. The third-order valence-electron chi connectivity index (χ3n) is 10.9. The van der Waals surface area contributed by atoms with E-state index in [1.165, 1.54) is 10.8 Å². The number of benzene rings is 9. The number of nitrogens with zero attached hydrogens (tertiary/aromatic N) is 3. The van der Waals surface area contributed by atoms with Crippen molar-refractivity contribution in [2.45, 2.75) is 0 Å². The van der Waals surface area contributed by atoms with Crippen molar-refractivity contribution in [3.05, 3.63) is 200 Å². The largest absolute Gasteiger partial charge is 0.455 e. The van der Waals surface area contributed by atoms with Gasteiger partial charge in [0.2, 0.25) is 0 Å². The lowest BCUT2D eigenvalue weighted by Crippen LogP contribution is -2.00. The predicted octanol–water partition coefficient (Wildman–Crippen LogP) is 14.1. The smallest absolute Gasteiger partial charge is 0.164 e. The van der Waals surface area contributed by atoms with E-state index in [0.717, 1.165) is 82.8 Å². The van der Waals surface area contributed by atoms with Gasteiger partial charge < -0.3 is 4.42 Å². The maximum atomic E-state index is 6.91. The average molecular weight is 728 g/mol. The molecule has 0 saturated carbocycles. The van der Waals surface area contributed by atoms with Gasteiger partial charge in [0, 0.05) is 38.4 Å². The van der Waals surface area contributed by atoms with E-state index in [2.05, 4.69) is 158 Å². The first-order chi connectivity index (χ1) is 28.2. The van der Waals surface area contributed by atoms with Gasteiger partial charge in [0.25, 0.3) is 0 Å². The Labute approximate surface area is 329 Å². The molecule has 4 heteroatoms. The molecule has 11 rings (SSSR count). The van der Waals surface area contributed by atoms with Crippen LogP contribution in [-0.2, 0) is 0 Å². The lowest BCUT2D eigenvalue weighted by molar-refractivity contribution is 0.674. The highest BCUT2D eigenvalue weighted by molar-refractivity contribution is 6.24. The highest BCUT2D eigenvalue weighted by Crippen LogP contribution is 2.41. The van der Waals surface area contributed by atoms with E-state index in [1.54, 1.807) is 0 Å². The summed E-state index contributed by atoms with van der Waals surface area (Å²) in [5.41, 5.74) is 11.0. The summed E-state index contributed by atoms with van der Waals surface area (Å²) < 4.78 is 6.91. The van der Waals surface area contributed by atoms with Crippen LogP contribution in [0.15, 0.2) is 205 Å². The summed E-state index contributed by atoms with van der Waals surface area (Å²) in [4.78, 5) is 15.5. The number of fused-ring (bicyclic) bond motifs is 7. The van der Waals surface area contributed by atoms with Crippen LogP contribution in [-0.4, -0.2) is 15.0 Å². The second kappa shape index (κ2) is 13.6. The highest BCUT2D eigenvalue weighted by Gasteiger charge is 2.18. The van der Waals surface area contributed by atoms with E-state index < -0.39 is 0 Å². The van der Waals surface area contributed by atoms with E-state index >= 15 is 0 Å². The summed E-state index contributed by atoms with van der Waals surface area (Å²) in [6.45, 7) is 0. The van der Waals surface area contributed by atoms with Crippen LogP contribution in [0, 0.1) is 0 Å². The van der Waals surface area contributed by atoms with Gasteiger partial charge in [-0.25, -0.2) is 15.0 Å². The zero-order valence-corrected chi connectivity index (χ0v) is 30.8. The molecule has 0 atom stereocenters. The van der Waals surface area contributed by atoms with Crippen molar-refractivity contribution in [2.75, 3.05) is 0 Å². The third-order valence-corrected chi connectivity index (χ3v) is 10.9. The van der Waals surface area contributed by atoms with Gasteiger partial charge in [-0.2, -0.15) is 0 Å². The minimum absolute atomic E-state index is 0.598. The number of furan rings is 1. The lowest BCUT2D eigenvalue weighted by atomic mass is 9.96. The van der Waals surface area contributed by atoms with Gasteiger partial charge in [-0.05, 0) is 74.3 Å². The van der Waals surface area contributed by atoms with E-state index in [-0.39, 0.29) is 0 Å². The first kappa shape index (κ1) is 32.7. The van der Waals surface area contributed by atoms with Crippen LogP contribution < -0.4 is 0 Å². The van der Waals surface area contributed by atoms with Crippen molar-refractivity contribution >= 4 is 43.5 Å². The molecule has 0 saturated heterocycles. The lowest BCUT2D eigenvalue weighted by Gasteiger charge is -2.13. The molecule has 57 heavy (non-hydrogen) atoms. The molecule has 0 amide bonds. The monoisotopic (exact) mass is 727 g/mol. The molecule has 0 bridgehead atoms. The minimum Gasteiger partial charge on any atom is -0.455 e. The normalized spacial score (nSPS) is 11.5. The van der Waals surface area contributed by atoms with E-state index in [0.29, 0.717) is 17.5 Å². The van der Waals surface area contributed by atoms with Gasteiger partial charge in [0.05, 0.1) is 0 Å². The summed E-state index contributed by atoms with van der Waals surface area (Å²) in [6, 6.07) is 69.8. The molecule has 0 aliphatic rings. The Kier molecular flexibility index (Phi) is 7.78. The molecule has 0 aliphatic heterocycles. The maximum absolute atomic E-state index is 6.91.